The average Bonchev–Trinajstić information content (AvgIpc) is 2.52. The third-order valence-corrected chi connectivity index (χ3v) is 3.18. The number of aryl methyl sites for hydroxylation is 1. The van der Waals surface area contributed by atoms with E-state index < -0.39 is 0 Å². The highest BCUT2D eigenvalue weighted by molar-refractivity contribution is 7.12. The van der Waals surface area contributed by atoms with E-state index in [1.807, 2.05) is 6.07 Å². The minimum absolute atomic E-state index is 0. The summed E-state index contributed by atoms with van der Waals surface area (Å²) in [5, 5.41) is 0. The normalized spacial score (nSPS) is 12.2. The molecule has 2 N–H and O–H groups in total. The molecule has 0 fully saturated rings. The van der Waals surface area contributed by atoms with Gasteiger partial charge in [-0.25, -0.2) is 0 Å². The van der Waals surface area contributed by atoms with Gasteiger partial charge in [0.25, 0.3) is 0 Å². The predicted molar refractivity (Wildman–Crippen MR) is 58.5 cm³/mol. The second-order valence-electron chi connectivity index (χ2n) is 2.74. The second kappa shape index (κ2) is 6.35. The molecule has 1 aromatic heterocycles. The molecule has 1 heterocycles. The fourth-order valence-electron chi connectivity index (χ4n) is 1.04. The first-order valence-corrected chi connectivity index (χ1v) is 4.99. The molecule has 0 aliphatic rings. The quantitative estimate of drug-likeness (QED) is 0.834. The zero-order chi connectivity index (χ0) is 8.97. The molecule has 0 aliphatic carbocycles. The number of halogens is 2. The molecular weight excluding hydrogens is 209 g/mol. The molecule has 0 spiro atoms. The number of hydrogen-bond donors (Lipinski definition) is 1. The maximum atomic E-state index is 11.9. The van der Waals surface area contributed by atoms with Crippen LogP contribution in [0.1, 0.15) is 29.1 Å². The van der Waals surface area contributed by atoms with Crippen molar-refractivity contribution in [3.63, 3.8) is 0 Å². The Morgan fingerprint density at radius 3 is 2.69 bits per heavy atom. The van der Waals surface area contributed by atoms with Crippen LogP contribution in [0, 0.1) is 0 Å². The largest absolute Gasteiger partial charge is 0.323 e. The zero-order valence-electron chi connectivity index (χ0n) is 7.63. The standard InChI is InChI=1S/C9H14FNS.ClH/c1-2-7-3-4-9(12-7)8(11)5-6-10;/h3-4,8H,2,5-6,11H2,1H3;1H/t8-;/m0./s1. The smallest absolute Gasteiger partial charge is 0.0912 e. The van der Waals surface area contributed by atoms with Gasteiger partial charge in [0.2, 0.25) is 0 Å². The van der Waals surface area contributed by atoms with Crippen LogP contribution in [0.25, 0.3) is 0 Å². The molecule has 0 amide bonds. The minimum atomic E-state index is -0.333. The number of nitrogens with two attached hydrogens (primary N) is 1. The third-order valence-electron chi connectivity index (χ3n) is 1.82. The van der Waals surface area contributed by atoms with Gasteiger partial charge in [0.05, 0.1) is 6.67 Å². The molecule has 0 radical (unpaired) electrons. The van der Waals surface area contributed by atoms with Crippen LogP contribution in [-0.2, 0) is 6.42 Å². The molecule has 0 unspecified atom stereocenters. The number of thiophene rings is 1. The van der Waals surface area contributed by atoms with Crippen LogP contribution in [-0.4, -0.2) is 6.67 Å². The number of alkyl halides is 1. The monoisotopic (exact) mass is 223 g/mol. The molecule has 0 bridgehead atoms. The average molecular weight is 224 g/mol. The molecule has 1 nitrogen and oxygen atoms in total. The SMILES string of the molecule is CCc1ccc([C@@H](N)CCF)s1.Cl. The fourth-order valence-corrected chi connectivity index (χ4v) is 2.03. The Labute approximate surface area is 88.6 Å². The maximum Gasteiger partial charge on any atom is 0.0912 e. The molecule has 0 saturated carbocycles. The third kappa shape index (κ3) is 3.63. The molecule has 0 saturated heterocycles. The highest BCUT2D eigenvalue weighted by Crippen LogP contribution is 2.24. The van der Waals surface area contributed by atoms with Crippen molar-refractivity contribution < 1.29 is 4.39 Å². The van der Waals surface area contributed by atoms with Gasteiger partial charge in [-0.15, -0.1) is 23.7 Å². The summed E-state index contributed by atoms with van der Waals surface area (Å²) >= 11 is 1.69. The van der Waals surface area contributed by atoms with Crippen molar-refractivity contribution in [1.82, 2.24) is 0 Å². The van der Waals surface area contributed by atoms with E-state index in [0.29, 0.717) is 6.42 Å². The first kappa shape index (κ1) is 12.9. The van der Waals surface area contributed by atoms with Gasteiger partial charge < -0.3 is 5.73 Å². The van der Waals surface area contributed by atoms with Crippen LogP contribution in [0.3, 0.4) is 0 Å². The van der Waals surface area contributed by atoms with Gasteiger partial charge in [-0.05, 0) is 25.0 Å². The molecule has 1 rings (SSSR count). The summed E-state index contributed by atoms with van der Waals surface area (Å²) < 4.78 is 11.9. The van der Waals surface area contributed by atoms with E-state index >= 15 is 0 Å². The first-order valence-electron chi connectivity index (χ1n) is 4.18. The van der Waals surface area contributed by atoms with E-state index in [1.165, 1.54) is 4.88 Å². The van der Waals surface area contributed by atoms with Crippen molar-refractivity contribution in [3.8, 4) is 0 Å². The van der Waals surface area contributed by atoms with Crippen molar-refractivity contribution >= 4 is 23.7 Å². The topological polar surface area (TPSA) is 26.0 Å². The summed E-state index contributed by atoms with van der Waals surface area (Å²) in [7, 11) is 0. The highest BCUT2D eigenvalue weighted by atomic mass is 35.5. The zero-order valence-corrected chi connectivity index (χ0v) is 9.26. The van der Waals surface area contributed by atoms with Crippen LogP contribution in [0.15, 0.2) is 12.1 Å². The molecule has 13 heavy (non-hydrogen) atoms. The highest BCUT2D eigenvalue weighted by Gasteiger charge is 2.07. The van der Waals surface area contributed by atoms with Crippen molar-refractivity contribution in [2.45, 2.75) is 25.8 Å². The van der Waals surface area contributed by atoms with E-state index in [1.54, 1.807) is 11.3 Å². The predicted octanol–water partition coefficient (Wildman–Crippen LogP) is 3.09. The van der Waals surface area contributed by atoms with Crippen LogP contribution in [0.4, 0.5) is 4.39 Å². The van der Waals surface area contributed by atoms with Gasteiger partial charge in [0, 0.05) is 15.8 Å². The summed E-state index contributed by atoms with van der Waals surface area (Å²) in [4.78, 5) is 2.42. The van der Waals surface area contributed by atoms with E-state index in [-0.39, 0.29) is 25.1 Å². The van der Waals surface area contributed by atoms with Crippen molar-refractivity contribution in [2.24, 2.45) is 5.73 Å². The summed E-state index contributed by atoms with van der Waals surface area (Å²) in [5.74, 6) is 0. The van der Waals surface area contributed by atoms with Gasteiger partial charge in [-0.2, -0.15) is 0 Å². The van der Waals surface area contributed by atoms with Gasteiger partial charge in [0.15, 0.2) is 0 Å². The summed E-state index contributed by atoms with van der Waals surface area (Å²) in [5.41, 5.74) is 5.74. The molecule has 1 aromatic rings. The van der Waals surface area contributed by atoms with Crippen LogP contribution >= 0.6 is 23.7 Å². The Kier molecular flexibility index (Phi) is 6.29. The number of hydrogen-bond acceptors (Lipinski definition) is 2. The molecule has 76 valence electrons. The van der Waals surface area contributed by atoms with Crippen LogP contribution < -0.4 is 5.73 Å². The Morgan fingerprint density at radius 1 is 1.54 bits per heavy atom. The fraction of sp³-hybridized carbons (Fsp3) is 0.556. The lowest BCUT2D eigenvalue weighted by molar-refractivity contribution is 0.444. The minimum Gasteiger partial charge on any atom is -0.323 e. The van der Waals surface area contributed by atoms with E-state index in [0.717, 1.165) is 11.3 Å². The van der Waals surface area contributed by atoms with Gasteiger partial charge >= 0.3 is 0 Å². The van der Waals surface area contributed by atoms with Gasteiger partial charge in [-0.1, -0.05) is 6.92 Å². The Hall–Kier alpha value is -0.120. The summed E-state index contributed by atoms with van der Waals surface area (Å²) in [6.07, 6.45) is 1.47. The van der Waals surface area contributed by atoms with Crippen molar-refractivity contribution in [3.05, 3.63) is 21.9 Å². The van der Waals surface area contributed by atoms with E-state index in [4.69, 9.17) is 5.73 Å². The number of rotatable bonds is 4. The Bertz CT molecular complexity index is 239. The van der Waals surface area contributed by atoms with E-state index in [9.17, 15) is 4.39 Å². The van der Waals surface area contributed by atoms with Gasteiger partial charge in [-0.3, -0.25) is 4.39 Å². The molecule has 0 aliphatic heterocycles. The summed E-state index contributed by atoms with van der Waals surface area (Å²) in [6, 6.07) is 3.96. The Morgan fingerprint density at radius 2 is 2.23 bits per heavy atom. The molecule has 0 aromatic carbocycles. The Balaban J connectivity index is 0.00000144. The first-order chi connectivity index (χ1) is 5.77. The molecule has 4 heteroatoms. The lowest BCUT2D eigenvalue weighted by atomic mass is 10.2. The molecule has 1 atom stereocenters. The van der Waals surface area contributed by atoms with E-state index in [2.05, 4.69) is 13.0 Å². The lowest BCUT2D eigenvalue weighted by Gasteiger charge is -2.04. The van der Waals surface area contributed by atoms with Crippen molar-refractivity contribution in [2.75, 3.05) is 6.67 Å². The van der Waals surface area contributed by atoms with Gasteiger partial charge in [0.1, 0.15) is 0 Å². The summed E-state index contributed by atoms with van der Waals surface area (Å²) in [6.45, 7) is 1.77. The molecular formula is C9H15ClFNS. The van der Waals surface area contributed by atoms with Crippen molar-refractivity contribution in [1.29, 1.82) is 0 Å². The van der Waals surface area contributed by atoms with Crippen LogP contribution in [0.2, 0.25) is 0 Å². The van der Waals surface area contributed by atoms with Crippen LogP contribution in [0.5, 0.6) is 0 Å². The second-order valence-corrected chi connectivity index (χ2v) is 3.94. The maximum absolute atomic E-state index is 11.9. The lowest BCUT2D eigenvalue weighted by Crippen LogP contribution is -2.08.